The van der Waals surface area contributed by atoms with Crippen molar-refractivity contribution in [3.05, 3.63) is 29.8 Å². The fourth-order valence-corrected chi connectivity index (χ4v) is 1.35. The number of benzene rings is 1. The first kappa shape index (κ1) is 15.0. The second kappa shape index (κ2) is 7.38. The van der Waals surface area contributed by atoms with Crippen LogP contribution in [0.15, 0.2) is 24.3 Å². The summed E-state index contributed by atoms with van der Waals surface area (Å²) in [6, 6.07) is 5.98. The van der Waals surface area contributed by atoms with E-state index < -0.39 is 17.7 Å². The van der Waals surface area contributed by atoms with Crippen molar-refractivity contribution in [3.63, 3.8) is 0 Å². The Morgan fingerprint density at radius 3 is 2.32 bits per heavy atom. The third-order valence-electron chi connectivity index (χ3n) is 2.20. The van der Waals surface area contributed by atoms with E-state index in [2.05, 4.69) is 5.32 Å². The van der Waals surface area contributed by atoms with Crippen molar-refractivity contribution in [2.75, 3.05) is 18.2 Å². The van der Waals surface area contributed by atoms with E-state index in [1.807, 2.05) is 5.32 Å². The van der Waals surface area contributed by atoms with Crippen LogP contribution in [-0.4, -0.2) is 30.1 Å². The zero-order valence-electron chi connectivity index (χ0n) is 10.1. The Kier molecular flexibility index (Phi) is 5.81. The maximum atomic E-state index is 11.6. The van der Waals surface area contributed by atoms with E-state index in [-0.39, 0.29) is 12.1 Å². The summed E-state index contributed by atoms with van der Waals surface area (Å²) >= 11 is 5.43. The lowest BCUT2D eigenvalue weighted by Gasteiger charge is -2.05. The normalized spacial score (nSPS) is 9.74. The van der Waals surface area contributed by atoms with E-state index >= 15 is 0 Å². The first-order chi connectivity index (χ1) is 9.04. The second-order valence-electron chi connectivity index (χ2n) is 3.70. The fourth-order valence-electron chi connectivity index (χ4n) is 1.22. The molecule has 19 heavy (non-hydrogen) atoms. The van der Waals surface area contributed by atoms with Crippen LogP contribution in [0.25, 0.3) is 0 Å². The van der Waals surface area contributed by atoms with E-state index in [4.69, 9.17) is 17.3 Å². The van der Waals surface area contributed by atoms with Crippen LogP contribution in [0.2, 0.25) is 0 Å². The molecule has 4 N–H and O–H groups in total. The molecule has 0 aliphatic carbocycles. The van der Waals surface area contributed by atoms with E-state index in [9.17, 15) is 14.4 Å². The molecule has 1 rings (SSSR count). The number of imide groups is 1. The smallest absolute Gasteiger partial charge is 0.316 e. The molecule has 0 saturated carbocycles. The molecule has 0 saturated heterocycles. The number of carbonyl (C=O) groups is 3. The maximum absolute atomic E-state index is 11.6. The van der Waals surface area contributed by atoms with Crippen molar-refractivity contribution in [3.8, 4) is 0 Å². The van der Waals surface area contributed by atoms with Crippen molar-refractivity contribution < 1.29 is 14.4 Å². The second-order valence-corrected chi connectivity index (χ2v) is 4.08. The number of anilines is 1. The number of nitrogens with two attached hydrogens (primary N) is 1. The van der Waals surface area contributed by atoms with Crippen LogP contribution in [-0.2, 0) is 9.59 Å². The molecule has 0 spiro atoms. The quantitative estimate of drug-likeness (QED) is 0.319. The van der Waals surface area contributed by atoms with Gasteiger partial charge >= 0.3 is 11.8 Å². The summed E-state index contributed by atoms with van der Waals surface area (Å²) in [5.41, 5.74) is 6.22. The molecule has 0 heterocycles. The van der Waals surface area contributed by atoms with Gasteiger partial charge in [-0.3, -0.25) is 19.7 Å². The highest BCUT2D eigenvalue weighted by molar-refractivity contribution is 6.38. The monoisotopic (exact) mass is 283 g/mol. The number of nitrogen functional groups attached to an aromatic ring is 1. The third-order valence-corrected chi connectivity index (χ3v) is 2.47. The average Bonchev–Trinajstić information content (AvgIpc) is 2.39. The van der Waals surface area contributed by atoms with Gasteiger partial charge < -0.3 is 11.1 Å². The standard InChI is InChI=1S/C12H14ClN3O3/c13-6-1-7-15-11(18)12(19)16-10(17)8-2-4-9(14)5-3-8/h2-5H,1,6-7,14H2,(H,15,18)(H,16,17,19). The SMILES string of the molecule is Nc1ccc(C(=O)NC(=O)C(=O)NCCCCl)cc1. The van der Waals surface area contributed by atoms with Gasteiger partial charge in [0.05, 0.1) is 0 Å². The van der Waals surface area contributed by atoms with E-state index in [1.54, 1.807) is 0 Å². The number of halogens is 1. The number of amides is 3. The molecule has 3 amide bonds. The molecule has 102 valence electrons. The number of hydrogen-bond acceptors (Lipinski definition) is 4. The lowest BCUT2D eigenvalue weighted by atomic mass is 10.2. The van der Waals surface area contributed by atoms with Crippen molar-refractivity contribution in [2.45, 2.75) is 6.42 Å². The number of alkyl halides is 1. The molecular weight excluding hydrogens is 270 g/mol. The molecular formula is C12H14ClN3O3. The van der Waals surface area contributed by atoms with Gasteiger partial charge in [0.15, 0.2) is 0 Å². The van der Waals surface area contributed by atoms with Crippen LogP contribution in [0.3, 0.4) is 0 Å². The number of carbonyl (C=O) groups excluding carboxylic acids is 3. The summed E-state index contributed by atoms with van der Waals surface area (Å²) in [6.07, 6.45) is 0.548. The summed E-state index contributed by atoms with van der Waals surface area (Å²) in [4.78, 5) is 34.3. The molecule has 0 aliphatic heterocycles. The van der Waals surface area contributed by atoms with E-state index in [1.165, 1.54) is 24.3 Å². The van der Waals surface area contributed by atoms with Gasteiger partial charge in [-0.25, -0.2) is 0 Å². The Balaban J connectivity index is 2.49. The fraction of sp³-hybridized carbons (Fsp3) is 0.250. The van der Waals surface area contributed by atoms with Gasteiger partial charge in [0.2, 0.25) is 0 Å². The van der Waals surface area contributed by atoms with Crippen molar-refractivity contribution in [1.82, 2.24) is 10.6 Å². The Morgan fingerprint density at radius 2 is 1.74 bits per heavy atom. The van der Waals surface area contributed by atoms with Crippen molar-refractivity contribution >= 4 is 35.0 Å². The van der Waals surface area contributed by atoms with Gasteiger partial charge in [-0.1, -0.05) is 0 Å². The molecule has 0 aliphatic rings. The van der Waals surface area contributed by atoms with Crippen LogP contribution < -0.4 is 16.4 Å². The lowest BCUT2D eigenvalue weighted by molar-refractivity contribution is -0.138. The third kappa shape index (κ3) is 4.97. The van der Waals surface area contributed by atoms with Crippen molar-refractivity contribution in [1.29, 1.82) is 0 Å². The summed E-state index contributed by atoms with van der Waals surface area (Å²) in [6.45, 7) is 0.284. The summed E-state index contributed by atoms with van der Waals surface area (Å²) in [5.74, 6) is -2.14. The molecule has 0 radical (unpaired) electrons. The average molecular weight is 284 g/mol. The highest BCUT2D eigenvalue weighted by Gasteiger charge is 2.16. The number of rotatable bonds is 4. The topological polar surface area (TPSA) is 101 Å². The van der Waals surface area contributed by atoms with Crippen LogP contribution in [0.4, 0.5) is 5.69 Å². The summed E-state index contributed by atoms with van der Waals surface area (Å²) < 4.78 is 0. The Bertz CT molecular complexity index is 474. The molecule has 0 fully saturated rings. The first-order valence-corrected chi connectivity index (χ1v) is 6.13. The zero-order valence-corrected chi connectivity index (χ0v) is 10.9. The van der Waals surface area contributed by atoms with Crippen LogP contribution >= 0.6 is 11.6 Å². The Hall–Kier alpha value is -2.08. The van der Waals surface area contributed by atoms with Gasteiger partial charge in [0.25, 0.3) is 5.91 Å². The van der Waals surface area contributed by atoms with Crippen LogP contribution in [0, 0.1) is 0 Å². The van der Waals surface area contributed by atoms with Gasteiger partial charge in [-0.15, -0.1) is 11.6 Å². The van der Waals surface area contributed by atoms with Crippen molar-refractivity contribution in [2.24, 2.45) is 0 Å². The molecule has 0 bridgehead atoms. The molecule has 1 aromatic rings. The maximum Gasteiger partial charge on any atom is 0.316 e. The van der Waals surface area contributed by atoms with Crippen LogP contribution in [0.1, 0.15) is 16.8 Å². The van der Waals surface area contributed by atoms with Gasteiger partial charge in [-0.05, 0) is 30.7 Å². The first-order valence-electron chi connectivity index (χ1n) is 5.59. The van der Waals surface area contributed by atoms with E-state index in [0.717, 1.165) is 0 Å². The molecule has 0 unspecified atom stereocenters. The predicted octanol–water partition coefficient (Wildman–Crippen LogP) is 0.270. The lowest BCUT2D eigenvalue weighted by Crippen LogP contribution is -2.43. The molecule has 0 atom stereocenters. The Labute approximate surface area is 115 Å². The van der Waals surface area contributed by atoms with E-state index in [0.29, 0.717) is 18.0 Å². The van der Waals surface area contributed by atoms with Gasteiger partial charge in [0.1, 0.15) is 0 Å². The highest BCUT2D eigenvalue weighted by Crippen LogP contribution is 2.04. The Morgan fingerprint density at radius 1 is 1.11 bits per heavy atom. The minimum atomic E-state index is -1.00. The highest BCUT2D eigenvalue weighted by atomic mass is 35.5. The molecule has 0 aromatic heterocycles. The predicted molar refractivity (Wildman–Crippen MR) is 71.7 cm³/mol. The van der Waals surface area contributed by atoms with Gasteiger partial charge in [-0.2, -0.15) is 0 Å². The number of hydrogen-bond donors (Lipinski definition) is 3. The largest absolute Gasteiger partial charge is 0.399 e. The molecule has 7 heteroatoms. The summed E-state index contributed by atoms with van der Waals surface area (Å²) in [5, 5.41) is 4.32. The minimum Gasteiger partial charge on any atom is -0.399 e. The van der Waals surface area contributed by atoms with Gasteiger partial charge in [0, 0.05) is 23.7 Å². The molecule has 1 aromatic carbocycles. The molecule has 6 nitrogen and oxygen atoms in total. The zero-order chi connectivity index (χ0) is 14.3. The summed E-state index contributed by atoms with van der Waals surface area (Å²) in [7, 11) is 0. The minimum absolute atomic E-state index is 0.246. The van der Waals surface area contributed by atoms with Crippen LogP contribution in [0.5, 0.6) is 0 Å². The number of nitrogens with one attached hydrogen (secondary N) is 2.